The fourth-order valence-electron chi connectivity index (χ4n) is 1.53. The molecule has 0 amide bonds. The number of hydrogen-bond acceptors (Lipinski definition) is 3. The minimum Gasteiger partial charge on any atom is -0.389 e. The summed E-state index contributed by atoms with van der Waals surface area (Å²) in [6, 6.07) is 4.63. The van der Waals surface area contributed by atoms with Crippen LogP contribution in [0.15, 0.2) is 23.1 Å². The van der Waals surface area contributed by atoms with Crippen LogP contribution in [0, 0.1) is 12.8 Å². The lowest BCUT2D eigenvalue weighted by Crippen LogP contribution is -2.36. The van der Waals surface area contributed by atoms with Crippen molar-refractivity contribution < 1.29 is 8.42 Å². The molecule has 106 valence electrons. The first-order chi connectivity index (χ1) is 8.65. The highest BCUT2D eigenvalue weighted by Crippen LogP contribution is 2.16. The van der Waals surface area contributed by atoms with Gasteiger partial charge in [-0.05, 0) is 37.5 Å². The lowest BCUT2D eigenvalue weighted by atomic mass is 10.1. The van der Waals surface area contributed by atoms with E-state index in [4.69, 9.17) is 18.0 Å². The van der Waals surface area contributed by atoms with E-state index in [9.17, 15) is 8.42 Å². The van der Waals surface area contributed by atoms with Gasteiger partial charge >= 0.3 is 0 Å². The fourth-order valence-corrected chi connectivity index (χ4v) is 3.23. The summed E-state index contributed by atoms with van der Waals surface area (Å²) in [5.74, 6) is 0.228. The van der Waals surface area contributed by atoms with Crippen LogP contribution in [0.2, 0.25) is 0 Å². The van der Waals surface area contributed by atoms with E-state index < -0.39 is 10.0 Å². The van der Waals surface area contributed by atoms with Crippen LogP contribution in [-0.4, -0.2) is 19.4 Å². The van der Waals surface area contributed by atoms with E-state index in [1.165, 1.54) is 6.07 Å². The van der Waals surface area contributed by atoms with Gasteiger partial charge in [0.05, 0.1) is 4.90 Å². The molecule has 19 heavy (non-hydrogen) atoms. The smallest absolute Gasteiger partial charge is 0.240 e. The van der Waals surface area contributed by atoms with Gasteiger partial charge in [0.15, 0.2) is 0 Å². The predicted octanol–water partition coefficient (Wildman–Crippen LogP) is 1.95. The number of nitrogens with two attached hydrogens (primary N) is 1. The van der Waals surface area contributed by atoms with E-state index in [2.05, 4.69) is 4.72 Å². The summed E-state index contributed by atoms with van der Waals surface area (Å²) < 4.78 is 27.1. The van der Waals surface area contributed by atoms with Crippen molar-refractivity contribution in [2.24, 2.45) is 11.7 Å². The molecule has 0 fully saturated rings. The van der Waals surface area contributed by atoms with Crippen molar-refractivity contribution in [3.63, 3.8) is 0 Å². The van der Waals surface area contributed by atoms with Crippen LogP contribution in [0.5, 0.6) is 0 Å². The van der Waals surface area contributed by atoms with Crippen LogP contribution in [0.1, 0.15) is 31.9 Å². The number of benzene rings is 1. The predicted molar refractivity (Wildman–Crippen MR) is 81.7 cm³/mol. The van der Waals surface area contributed by atoms with E-state index in [0.717, 1.165) is 5.56 Å². The molecule has 0 heterocycles. The Morgan fingerprint density at radius 1 is 1.32 bits per heavy atom. The Morgan fingerprint density at radius 2 is 1.89 bits per heavy atom. The van der Waals surface area contributed by atoms with E-state index in [-0.39, 0.29) is 21.8 Å². The third kappa shape index (κ3) is 3.99. The topological polar surface area (TPSA) is 72.2 Å². The molecule has 0 saturated heterocycles. The monoisotopic (exact) mass is 300 g/mol. The molecule has 0 spiro atoms. The van der Waals surface area contributed by atoms with Gasteiger partial charge in [-0.25, -0.2) is 13.1 Å². The Hall–Kier alpha value is -0.980. The van der Waals surface area contributed by atoms with Crippen molar-refractivity contribution in [3.8, 4) is 0 Å². The van der Waals surface area contributed by atoms with E-state index in [0.29, 0.717) is 5.56 Å². The Kier molecular flexibility index (Phi) is 5.06. The molecule has 1 rings (SSSR count). The van der Waals surface area contributed by atoms with Crippen molar-refractivity contribution in [2.75, 3.05) is 0 Å². The highest BCUT2D eigenvalue weighted by Gasteiger charge is 2.19. The van der Waals surface area contributed by atoms with Crippen LogP contribution in [-0.2, 0) is 10.0 Å². The standard InChI is InChI=1S/C13H20N2O2S2/c1-8(2)10(4)15-19(16,17)11-5-6-12(13(14)18)9(3)7-11/h5-8,10,15H,1-4H3,(H2,14,18). The molecule has 0 saturated carbocycles. The molecule has 0 aliphatic rings. The Balaban J connectivity index is 3.10. The average molecular weight is 300 g/mol. The highest BCUT2D eigenvalue weighted by atomic mass is 32.2. The molecule has 1 aromatic rings. The molecule has 4 nitrogen and oxygen atoms in total. The first-order valence-electron chi connectivity index (χ1n) is 6.08. The maximum absolute atomic E-state index is 12.2. The molecule has 1 unspecified atom stereocenters. The summed E-state index contributed by atoms with van der Waals surface area (Å²) in [7, 11) is -3.50. The first-order valence-corrected chi connectivity index (χ1v) is 7.97. The molecule has 0 bridgehead atoms. The van der Waals surface area contributed by atoms with Gasteiger partial charge in [-0.1, -0.05) is 32.1 Å². The maximum Gasteiger partial charge on any atom is 0.240 e. The maximum atomic E-state index is 12.2. The van der Waals surface area contributed by atoms with Crippen LogP contribution < -0.4 is 10.5 Å². The molecule has 1 aromatic carbocycles. The minimum atomic E-state index is -3.50. The van der Waals surface area contributed by atoms with Crippen LogP contribution in [0.3, 0.4) is 0 Å². The van der Waals surface area contributed by atoms with Gasteiger partial charge in [-0.3, -0.25) is 0 Å². The molecular weight excluding hydrogens is 280 g/mol. The van der Waals surface area contributed by atoms with E-state index >= 15 is 0 Å². The lowest BCUT2D eigenvalue weighted by molar-refractivity contribution is 0.476. The Labute approximate surface area is 120 Å². The second kappa shape index (κ2) is 5.98. The summed E-state index contributed by atoms with van der Waals surface area (Å²) in [5.41, 5.74) is 7.02. The zero-order chi connectivity index (χ0) is 14.8. The average Bonchev–Trinajstić information content (AvgIpc) is 2.27. The Bertz CT molecular complexity index is 580. The molecule has 1 atom stereocenters. The quantitative estimate of drug-likeness (QED) is 0.815. The van der Waals surface area contributed by atoms with Gasteiger partial charge in [-0.15, -0.1) is 0 Å². The second-order valence-corrected chi connectivity index (χ2v) is 7.15. The number of rotatable bonds is 5. The minimum absolute atomic E-state index is 0.124. The summed E-state index contributed by atoms with van der Waals surface area (Å²) >= 11 is 4.90. The third-order valence-electron chi connectivity index (χ3n) is 3.11. The van der Waals surface area contributed by atoms with E-state index in [1.54, 1.807) is 19.1 Å². The zero-order valence-corrected chi connectivity index (χ0v) is 13.2. The molecule has 0 radical (unpaired) electrons. The largest absolute Gasteiger partial charge is 0.389 e. The SMILES string of the molecule is Cc1cc(S(=O)(=O)NC(C)C(C)C)ccc1C(N)=S. The van der Waals surface area contributed by atoms with Gasteiger partial charge in [0.2, 0.25) is 10.0 Å². The van der Waals surface area contributed by atoms with Gasteiger partial charge in [0, 0.05) is 11.6 Å². The second-order valence-electron chi connectivity index (χ2n) is 4.99. The third-order valence-corrected chi connectivity index (χ3v) is 4.89. The number of aryl methyl sites for hydroxylation is 1. The molecule has 3 N–H and O–H groups in total. The molecule has 0 aromatic heterocycles. The van der Waals surface area contributed by atoms with Crippen LogP contribution in [0.4, 0.5) is 0 Å². The van der Waals surface area contributed by atoms with Gasteiger partial charge in [0.1, 0.15) is 4.99 Å². The van der Waals surface area contributed by atoms with Crippen molar-refractivity contribution in [3.05, 3.63) is 29.3 Å². The van der Waals surface area contributed by atoms with Crippen molar-refractivity contribution in [1.29, 1.82) is 0 Å². The molecule has 0 aliphatic carbocycles. The van der Waals surface area contributed by atoms with Crippen molar-refractivity contribution in [1.82, 2.24) is 4.72 Å². The number of sulfonamides is 1. The summed E-state index contributed by atoms with van der Waals surface area (Å²) in [4.78, 5) is 0.502. The normalized spacial score (nSPS) is 13.5. The number of hydrogen-bond donors (Lipinski definition) is 2. The Morgan fingerprint density at radius 3 is 2.32 bits per heavy atom. The first kappa shape index (κ1) is 16.1. The van der Waals surface area contributed by atoms with Crippen LogP contribution >= 0.6 is 12.2 Å². The number of thiocarbonyl (C=S) groups is 1. The zero-order valence-electron chi connectivity index (χ0n) is 11.6. The van der Waals surface area contributed by atoms with Gasteiger partial charge in [0.25, 0.3) is 0 Å². The molecular formula is C13H20N2O2S2. The lowest BCUT2D eigenvalue weighted by Gasteiger charge is -2.18. The summed E-state index contributed by atoms with van der Waals surface area (Å²) in [6.45, 7) is 7.57. The number of nitrogens with one attached hydrogen (secondary N) is 1. The molecule has 0 aliphatic heterocycles. The summed E-state index contributed by atoms with van der Waals surface area (Å²) in [6.07, 6.45) is 0. The highest BCUT2D eigenvalue weighted by molar-refractivity contribution is 7.89. The molecule has 6 heteroatoms. The van der Waals surface area contributed by atoms with Crippen LogP contribution in [0.25, 0.3) is 0 Å². The van der Waals surface area contributed by atoms with Crippen molar-refractivity contribution >= 4 is 27.2 Å². The van der Waals surface area contributed by atoms with Crippen molar-refractivity contribution in [2.45, 2.75) is 38.6 Å². The summed E-state index contributed by atoms with van der Waals surface area (Å²) in [5, 5.41) is 0. The van der Waals surface area contributed by atoms with E-state index in [1.807, 2.05) is 20.8 Å². The van der Waals surface area contributed by atoms with Gasteiger partial charge in [-0.2, -0.15) is 0 Å². The van der Waals surface area contributed by atoms with Gasteiger partial charge < -0.3 is 5.73 Å². The fraction of sp³-hybridized carbons (Fsp3) is 0.462.